The summed E-state index contributed by atoms with van der Waals surface area (Å²) in [7, 11) is 0. The first-order valence-electron chi connectivity index (χ1n) is 2.80. The van der Waals surface area contributed by atoms with Gasteiger partial charge in [0.25, 0.3) is 6.08 Å². The van der Waals surface area contributed by atoms with Gasteiger partial charge in [0.05, 0.1) is 0 Å². The molecule has 0 aliphatic carbocycles. The van der Waals surface area contributed by atoms with Crippen molar-refractivity contribution in [1.82, 2.24) is 0 Å². The summed E-state index contributed by atoms with van der Waals surface area (Å²) in [6, 6.07) is 0. The zero-order valence-corrected chi connectivity index (χ0v) is 5.56. The third-order valence-corrected chi connectivity index (χ3v) is 0.719. The predicted octanol–water partition coefficient (Wildman–Crippen LogP) is 1.37. The van der Waals surface area contributed by atoms with Crippen LogP contribution in [0.4, 0.5) is 8.78 Å². The van der Waals surface area contributed by atoms with Gasteiger partial charge >= 0.3 is 0 Å². The quantitative estimate of drug-likeness (QED) is 0.566. The lowest BCUT2D eigenvalue weighted by atomic mass is 10.4. The highest BCUT2D eigenvalue weighted by atomic mass is 19.3. The van der Waals surface area contributed by atoms with Crippen LogP contribution in [0.3, 0.4) is 0 Å². The minimum absolute atomic E-state index is 0.260. The predicted molar refractivity (Wildman–Crippen MR) is 31.8 cm³/mol. The van der Waals surface area contributed by atoms with Crippen molar-refractivity contribution in [2.75, 3.05) is 13.2 Å². The Kier molecular flexibility index (Phi) is 4.66. The molecule has 10 heavy (non-hydrogen) atoms. The minimum Gasteiger partial charge on any atom is -0.374 e. The minimum atomic E-state index is -1.98. The van der Waals surface area contributed by atoms with Gasteiger partial charge in [-0.2, -0.15) is 8.78 Å². The van der Waals surface area contributed by atoms with E-state index in [0.29, 0.717) is 6.61 Å². The first-order valence-corrected chi connectivity index (χ1v) is 2.80. The van der Waals surface area contributed by atoms with E-state index in [0.717, 1.165) is 0 Å². The number of ketones is 1. The molecule has 2 nitrogen and oxygen atoms in total. The van der Waals surface area contributed by atoms with Gasteiger partial charge in [0.15, 0.2) is 5.78 Å². The highest BCUT2D eigenvalue weighted by molar-refractivity contribution is 5.90. The van der Waals surface area contributed by atoms with Gasteiger partial charge in [-0.15, -0.1) is 0 Å². The van der Waals surface area contributed by atoms with E-state index in [1.807, 2.05) is 0 Å². The first-order chi connectivity index (χ1) is 4.66. The maximum absolute atomic E-state index is 11.3. The van der Waals surface area contributed by atoms with Gasteiger partial charge in [0, 0.05) is 12.7 Å². The number of halogens is 2. The van der Waals surface area contributed by atoms with E-state index < -0.39 is 11.9 Å². The Hall–Kier alpha value is -0.770. The monoisotopic (exact) mass is 150 g/mol. The SMILES string of the molecule is CCOCC(=O)C=C(F)F. The fourth-order valence-electron chi connectivity index (χ4n) is 0.366. The summed E-state index contributed by atoms with van der Waals surface area (Å²) in [6.07, 6.45) is -1.72. The lowest BCUT2D eigenvalue weighted by Gasteiger charge is -1.93. The molecule has 0 saturated carbocycles. The second-order valence-corrected chi connectivity index (χ2v) is 1.54. The lowest BCUT2D eigenvalue weighted by Crippen LogP contribution is -2.04. The Morgan fingerprint density at radius 3 is 2.60 bits per heavy atom. The molecule has 0 radical (unpaired) electrons. The summed E-state index contributed by atoms with van der Waals surface area (Å²) in [5.41, 5.74) is 0. The van der Waals surface area contributed by atoms with Crippen LogP contribution in [0.15, 0.2) is 12.2 Å². The van der Waals surface area contributed by atoms with E-state index in [1.54, 1.807) is 6.92 Å². The van der Waals surface area contributed by atoms with Crippen LogP contribution in [-0.4, -0.2) is 19.0 Å². The van der Waals surface area contributed by atoms with Crippen LogP contribution in [0.5, 0.6) is 0 Å². The van der Waals surface area contributed by atoms with Gasteiger partial charge < -0.3 is 4.74 Å². The number of rotatable bonds is 4. The van der Waals surface area contributed by atoms with Crippen LogP contribution in [0.1, 0.15) is 6.92 Å². The van der Waals surface area contributed by atoms with E-state index in [9.17, 15) is 13.6 Å². The Labute approximate surface area is 57.5 Å². The summed E-state index contributed by atoms with van der Waals surface area (Å²) in [4.78, 5) is 10.3. The van der Waals surface area contributed by atoms with E-state index in [-0.39, 0.29) is 12.7 Å². The van der Waals surface area contributed by atoms with E-state index in [2.05, 4.69) is 4.74 Å². The molecule has 0 spiro atoms. The van der Waals surface area contributed by atoms with Gasteiger partial charge in [-0.1, -0.05) is 0 Å². The van der Waals surface area contributed by atoms with Crippen molar-refractivity contribution in [1.29, 1.82) is 0 Å². The highest BCUT2D eigenvalue weighted by Gasteiger charge is 1.98. The van der Waals surface area contributed by atoms with E-state index in [1.165, 1.54) is 0 Å². The maximum atomic E-state index is 11.3. The Bertz CT molecular complexity index is 139. The molecule has 0 fully saturated rings. The fourth-order valence-corrected chi connectivity index (χ4v) is 0.366. The number of carbonyl (C=O) groups is 1. The zero-order chi connectivity index (χ0) is 7.98. The molecule has 0 saturated heterocycles. The molecule has 0 aliphatic rings. The standard InChI is InChI=1S/C6H8F2O2/c1-2-10-4-5(9)3-6(7)8/h3H,2,4H2,1H3. The highest BCUT2D eigenvalue weighted by Crippen LogP contribution is 1.95. The van der Waals surface area contributed by atoms with Crippen molar-refractivity contribution >= 4 is 5.78 Å². The van der Waals surface area contributed by atoms with Gasteiger partial charge in [0.2, 0.25) is 0 Å². The third-order valence-electron chi connectivity index (χ3n) is 0.719. The Balaban J connectivity index is 3.54. The molecule has 0 aromatic rings. The summed E-state index contributed by atoms with van der Waals surface area (Å²) in [5.74, 6) is -0.707. The molecule has 4 heteroatoms. The molecule has 0 N–H and O–H groups in total. The smallest absolute Gasteiger partial charge is 0.273 e. The van der Waals surface area contributed by atoms with E-state index in [4.69, 9.17) is 0 Å². The average molecular weight is 150 g/mol. The summed E-state index contributed by atoms with van der Waals surface area (Å²) in [5, 5.41) is 0. The molecule has 0 unspecified atom stereocenters. The topological polar surface area (TPSA) is 26.3 Å². The van der Waals surface area contributed by atoms with Crippen LogP contribution >= 0.6 is 0 Å². The molecule has 58 valence electrons. The van der Waals surface area contributed by atoms with Crippen LogP contribution < -0.4 is 0 Å². The summed E-state index contributed by atoms with van der Waals surface area (Å²) in [6.45, 7) is 1.77. The average Bonchev–Trinajstić information content (AvgIpc) is 1.82. The molecule has 0 atom stereocenters. The van der Waals surface area contributed by atoms with Gasteiger partial charge in [-0.05, 0) is 6.92 Å². The fraction of sp³-hybridized carbons (Fsp3) is 0.500. The van der Waals surface area contributed by atoms with Crippen molar-refractivity contribution in [3.8, 4) is 0 Å². The molecule has 0 aliphatic heterocycles. The van der Waals surface area contributed by atoms with E-state index >= 15 is 0 Å². The molecule has 0 bridgehead atoms. The normalized spacial score (nSPS) is 9.10. The van der Waals surface area contributed by atoms with Crippen LogP contribution in [0, 0.1) is 0 Å². The number of carbonyl (C=O) groups excluding carboxylic acids is 1. The number of hydrogen-bond donors (Lipinski definition) is 0. The molecule has 0 amide bonds. The molecule has 0 aromatic heterocycles. The van der Waals surface area contributed by atoms with Crippen molar-refractivity contribution in [2.45, 2.75) is 6.92 Å². The Morgan fingerprint density at radius 1 is 1.60 bits per heavy atom. The molecular formula is C6H8F2O2. The summed E-state index contributed by atoms with van der Waals surface area (Å²) >= 11 is 0. The lowest BCUT2D eigenvalue weighted by molar-refractivity contribution is -0.118. The maximum Gasteiger partial charge on any atom is 0.273 e. The first kappa shape index (κ1) is 9.23. The molecular weight excluding hydrogens is 142 g/mol. The Morgan fingerprint density at radius 2 is 2.20 bits per heavy atom. The van der Waals surface area contributed by atoms with Crippen LogP contribution in [0.25, 0.3) is 0 Å². The summed E-state index contributed by atoms with van der Waals surface area (Å²) < 4.78 is 27.2. The zero-order valence-electron chi connectivity index (χ0n) is 5.56. The molecule has 0 aromatic carbocycles. The van der Waals surface area contributed by atoms with Crippen molar-refractivity contribution in [2.24, 2.45) is 0 Å². The van der Waals surface area contributed by atoms with Crippen LogP contribution in [-0.2, 0) is 9.53 Å². The largest absolute Gasteiger partial charge is 0.374 e. The number of hydrogen-bond acceptors (Lipinski definition) is 2. The van der Waals surface area contributed by atoms with Gasteiger partial charge in [-0.3, -0.25) is 4.79 Å². The van der Waals surface area contributed by atoms with Crippen LogP contribution in [0.2, 0.25) is 0 Å². The van der Waals surface area contributed by atoms with Crippen molar-refractivity contribution in [3.05, 3.63) is 12.2 Å². The second kappa shape index (κ2) is 5.05. The molecule has 0 rings (SSSR count). The second-order valence-electron chi connectivity index (χ2n) is 1.54. The van der Waals surface area contributed by atoms with Gasteiger partial charge in [-0.25, -0.2) is 0 Å². The third kappa shape index (κ3) is 5.37. The van der Waals surface area contributed by atoms with Crippen molar-refractivity contribution in [3.63, 3.8) is 0 Å². The number of ether oxygens (including phenoxy) is 1. The van der Waals surface area contributed by atoms with Crippen molar-refractivity contribution < 1.29 is 18.3 Å². The van der Waals surface area contributed by atoms with Gasteiger partial charge in [0.1, 0.15) is 6.61 Å². The molecule has 0 heterocycles.